The van der Waals surface area contributed by atoms with Crippen LogP contribution in [0.15, 0.2) is 18.2 Å². The molecule has 0 amide bonds. The van der Waals surface area contributed by atoms with E-state index in [1.165, 1.54) is 6.07 Å². The highest BCUT2D eigenvalue weighted by molar-refractivity contribution is 5.91. The zero-order chi connectivity index (χ0) is 17.3. The summed E-state index contributed by atoms with van der Waals surface area (Å²) >= 11 is 0. The third kappa shape index (κ3) is 4.63. The van der Waals surface area contributed by atoms with E-state index in [-0.39, 0.29) is 0 Å². The van der Waals surface area contributed by atoms with E-state index in [2.05, 4.69) is 0 Å². The summed E-state index contributed by atoms with van der Waals surface area (Å²) in [6, 6.07) is 4.73. The van der Waals surface area contributed by atoms with Gasteiger partial charge in [0.1, 0.15) is 17.0 Å². The number of carbonyl (C=O) groups excluding carboxylic acids is 1. The highest BCUT2D eigenvalue weighted by atomic mass is 16.6. The van der Waals surface area contributed by atoms with Crippen LogP contribution in [-0.4, -0.2) is 27.9 Å². The topological polar surface area (TPSA) is 81.8 Å². The van der Waals surface area contributed by atoms with Crippen molar-refractivity contribution in [2.75, 3.05) is 5.73 Å². The van der Waals surface area contributed by atoms with E-state index in [1.807, 2.05) is 0 Å². The van der Waals surface area contributed by atoms with Gasteiger partial charge in [-0.05, 0) is 66.7 Å². The third-order valence-corrected chi connectivity index (χ3v) is 3.48. The molecule has 1 rings (SSSR count). The molecule has 0 bridgehead atoms. The van der Waals surface area contributed by atoms with Gasteiger partial charge in [-0.3, -0.25) is 0 Å². The Bertz CT molecular complexity index is 551. The van der Waals surface area contributed by atoms with Crippen LogP contribution in [0.1, 0.15) is 58.8 Å². The smallest absolute Gasteiger partial charge is 0.338 e. The number of nitrogen functional groups attached to an aromatic ring is 1. The van der Waals surface area contributed by atoms with E-state index >= 15 is 0 Å². The molecule has 0 spiro atoms. The first-order valence-corrected chi connectivity index (χ1v) is 7.27. The van der Waals surface area contributed by atoms with Crippen molar-refractivity contribution in [1.82, 2.24) is 0 Å². The van der Waals surface area contributed by atoms with Crippen LogP contribution in [0.25, 0.3) is 0 Å². The van der Waals surface area contributed by atoms with Gasteiger partial charge >= 0.3 is 5.97 Å². The Kier molecular flexibility index (Phi) is 4.82. The van der Waals surface area contributed by atoms with E-state index in [1.54, 1.807) is 60.6 Å². The Morgan fingerprint density at radius 3 is 2.05 bits per heavy atom. The van der Waals surface area contributed by atoms with Crippen molar-refractivity contribution >= 4 is 11.7 Å². The second-order valence-electron chi connectivity index (χ2n) is 7.43. The first-order valence-electron chi connectivity index (χ1n) is 7.27. The first-order chi connectivity index (χ1) is 9.73. The molecule has 0 fully saturated rings. The number of hydrogen-bond acceptors (Lipinski definition) is 5. The second kappa shape index (κ2) is 5.80. The van der Waals surface area contributed by atoms with Crippen LogP contribution in [-0.2, 0) is 4.74 Å². The number of anilines is 1. The van der Waals surface area contributed by atoms with Crippen LogP contribution in [0.5, 0.6) is 5.75 Å². The molecule has 1 aromatic rings. The van der Waals surface area contributed by atoms with Crippen molar-refractivity contribution in [2.45, 2.75) is 65.3 Å². The van der Waals surface area contributed by atoms with E-state index in [0.717, 1.165) is 0 Å². The number of rotatable bonds is 4. The van der Waals surface area contributed by atoms with Gasteiger partial charge in [0.2, 0.25) is 0 Å². The molecule has 3 N–H and O–H groups in total. The quantitative estimate of drug-likeness (QED) is 0.659. The minimum Gasteiger partial charge on any atom is -0.483 e. The van der Waals surface area contributed by atoms with Gasteiger partial charge in [0.05, 0.1) is 16.9 Å². The molecule has 5 heteroatoms. The van der Waals surface area contributed by atoms with Gasteiger partial charge in [0, 0.05) is 0 Å². The Labute approximate surface area is 132 Å². The fourth-order valence-corrected chi connectivity index (χ4v) is 1.51. The van der Waals surface area contributed by atoms with Gasteiger partial charge in [-0.1, -0.05) is 0 Å². The molecular formula is C17H27NO4. The number of hydrogen-bond donors (Lipinski definition) is 2. The lowest BCUT2D eigenvalue weighted by atomic mass is 9.89. The summed E-state index contributed by atoms with van der Waals surface area (Å²) in [5, 5.41) is 10.1. The lowest BCUT2D eigenvalue weighted by Gasteiger charge is -2.37. The van der Waals surface area contributed by atoms with Crippen molar-refractivity contribution in [3.05, 3.63) is 23.8 Å². The standard InChI is InChI=1S/C17H27NO4/c1-15(2,3)22-14(19)11-8-9-13(12(18)10-11)21-17(6,7)16(4,5)20/h8-10,20H,18H2,1-7H3. The number of carbonyl (C=O) groups is 1. The maximum absolute atomic E-state index is 12.0. The number of nitrogens with two attached hydrogens (primary N) is 1. The van der Waals surface area contributed by atoms with E-state index in [4.69, 9.17) is 15.2 Å². The number of aliphatic hydroxyl groups is 1. The minimum absolute atomic E-state index is 0.320. The molecule has 5 nitrogen and oxygen atoms in total. The molecule has 1 aromatic carbocycles. The van der Waals surface area contributed by atoms with Crippen LogP contribution in [0.4, 0.5) is 5.69 Å². The van der Waals surface area contributed by atoms with Crippen LogP contribution in [0.2, 0.25) is 0 Å². The zero-order valence-corrected chi connectivity index (χ0v) is 14.5. The Morgan fingerprint density at radius 1 is 1.09 bits per heavy atom. The van der Waals surface area contributed by atoms with Crippen LogP contribution in [0.3, 0.4) is 0 Å². The number of ether oxygens (including phenoxy) is 2. The Balaban J connectivity index is 2.98. The van der Waals surface area contributed by atoms with Gasteiger partial charge < -0.3 is 20.3 Å². The summed E-state index contributed by atoms with van der Waals surface area (Å²) in [5.74, 6) is -0.0214. The molecule has 0 radical (unpaired) electrons. The van der Waals surface area contributed by atoms with Gasteiger partial charge in [0.15, 0.2) is 0 Å². The summed E-state index contributed by atoms with van der Waals surface area (Å²) < 4.78 is 11.1. The molecule has 0 saturated carbocycles. The second-order valence-corrected chi connectivity index (χ2v) is 7.43. The molecule has 0 aliphatic carbocycles. The highest BCUT2D eigenvalue weighted by Crippen LogP contribution is 2.32. The molecule has 22 heavy (non-hydrogen) atoms. The first kappa shape index (κ1) is 18.3. The fourth-order valence-electron chi connectivity index (χ4n) is 1.51. The molecule has 0 unspecified atom stereocenters. The van der Waals surface area contributed by atoms with E-state index in [9.17, 15) is 9.90 Å². The van der Waals surface area contributed by atoms with Gasteiger partial charge in [-0.25, -0.2) is 4.79 Å². The predicted molar refractivity (Wildman–Crippen MR) is 87.0 cm³/mol. The number of esters is 1. The lowest BCUT2D eigenvalue weighted by molar-refractivity contribution is -0.0903. The SMILES string of the molecule is CC(C)(C)OC(=O)c1ccc(OC(C)(C)C(C)(C)O)c(N)c1. The molecule has 0 aliphatic heterocycles. The average Bonchev–Trinajstić information content (AvgIpc) is 2.27. The van der Waals surface area contributed by atoms with Gasteiger partial charge in [0.25, 0.3) is 0 Å². The monoisotopic (exact) mass is 309 g/mol. The normalized spacial score (nSPS) is 12.9. The Hall–Kier alpha value is -1.75. The van der Waals surface area contributed by atoms with Crippen molar-refractivity contribution in [1.29, 1.82) is 0 Å². The fraction of sp³-hybridized carbons (Fsp3) is 0.588. The third-order valence-electron chi connectivity index (χ3n) is 3.48. The van der Waals surface area contributed by atoms with E-state index in [0.29, 0.717) is 17.0 Å². The summed E-state index contributed by atoms with van der Waals surface area (Å²) in [7, 11) is 0. The van der Waals surface area contributed by atoms with Crippen LogP contribution >= 0.6 is 0 Å². The maximum atomic E-state index is 12.0. The van der Waals surface area contributed by atoms with Crippen molar-refractivity contribution in [3.63, 3.8) is 0 Å². The molecule has 0 saturated heterocycles. The summed E-state index contributed by atoms with van der Waals surface area (Å²) in [4.78, 5) is 12.0. The van der Waals surface area contributed by atoms with Gasteiger partial charge in [-0.15, -0.1) is 0 Å². The minimum atomic E-state index is -1.05. The van der Waals surface area contributed by atoms with E-state index < -0.39 is 22.8 Å². The number of benzene rings is 1. The lowest BCUT2D eigenvalue weighted by Crippen LogP contribution is -2.49. The highest BCUT2D eigenvalue weighted by Gasteiger charge is 2.37. The van der Waals surface area contributed by atoms with Crippen molar-refractivity contribution < 1.29 is 19.4 Å². The molecule has 124 valence electrons. The van der Waals surface area contributed by atoms with Gasteiger partial charge in [-0.2, -0.15) is 0 Å². The summed E-state index contributed by atoms with van der Waals surface area (Å²) in [6.45, 7) is 12.3. The molecule has 0 aliphatic rings. The predicted octanol–water partition coefficient (Wildman–Crippen LogP) is 3.15. The van der Waals surface area contributed by atoms with Crippen molar-refractivity contribution in [2.24, 2.45) is 0 Å². The molecule has 0 aromatic heterocycles. The summed E-state index contributed by atoms with van der Waals surface area (Å²) in [5.41, 5.74) is 4.18. The molecular weight excluding hydrogens is 282 g/mol. The maximum Gasteiger partial charge on any atom is 0.338 e. The zero-order valence-electron chi connectivity index (χ0n) is 14.5. The molecule has 0 atom stereocenters. The summed E-state index contributed by atoms with van der Waals surface area (Å²) in [6.07, 6.45) is 0. The molecule has 0 heterocycles. The average molecular weight is 309 g/mol. The van der Waals surface area contributed by atoms with Crippen molar-refractivity contribution in [3.8, 4) is 5.75 Å². The Morgan fingerprint density at radius 2 is 1.64 bits per heavy atom. The van der Waals surface area contributed by atoms with Crippen LogP contribution in [0, 0.1) is 0 Å². The van der Waals surface area contributed by atoms with Crippen LogP contribution < -0.4 is 10.5 Å². The largest absolute Gasteiger partial charge is 0.483 e.